The monoisotopic (exact) mass is 416 g/mol. The third kappa shape index (κ3) is 3.59. The number of ether oxygens (including phenoxy) is 1. The van der Waals surface area contributed by atoms with Crippen molar-refractivity contribution >= 4 is 23.1 Å². The minimum atomic E-state index is -0.604. The van der Waals surface area contributed by atoms with Crippen molar-refractivity contribution in [3.63, 3.8) is 0 Å². The van der Waals surface area contributed by atoms with E-state index in [9.17, 15) is 14.4 Å². The van der Waals surface area contributed by atoms with Crippen LogP contribution in [0.2, 0.25) is 0 Å². The Balaban J connectivity index is 1.73. The molecule has 0 bridgehead atoms. The number of para-hydroxylation sites is 1. The Morgan fingerprint density at radius 3 is 2.48 bits per heavy atom. The fourth-order valence-electron chi connectivity index (χ4n) is 3.56. The van der Waals surface area contributed by atoms with Crippen molar-refractivity contribution < 1.29 is 9.53 Å². The van der Waals surface area contributed by atoms with Crippen molar-refractivity contribution in [2.75, 3.05) is 7.11 Å². The number of rotatable bonds is 4. The Bertz CT molecular complexity index is 1440. The number of H-pyrrole nitrogens is 1. The largest absolute Gasteiger partial charge is 0.465 e. The number of hydrogen-bond donors (Lipinski definition) is 1. The molecular weight excluding hydrogens is 396 g/mol. The van der Waals surface area contributed by atoms with Crippen molar-refractivity contribution in [2.24, 2.45) is 5.10 Å². The van der Waals surface area contributed by atoms with E-state index >= 15 is 0 Å². The quantitative estimate of drug-likeness (QED) is 0.409. The number of methoxy groups -OCH3 is 1. The molecular formula is C23H20N4O4. The number of fused-ring (bicyclic) bond motifs is 1. The summed E-state index contributed by atoms with van der Waals surface area (Å²) in [6.45, 7) is 3.85. The normalized spacial score (nSPS) is 11.3. The molecule has 8 heteroatoms. The zero-order chi connectivity index (χ0) is 22.1. The van der Waals surface area contributed by atoms with E-state index in [-0.39, 0.29) is 0 Å². The number of carbonyl (C=O) groups is 1. The molecule has 2 aromatic carbocycles. The van der Waals surface area contributed by atoms with Gasteiger partial charge in [-0.05, 0) is 56.3 Å². The molecule has 1 N–H and O–H groups in total. The second-order valence-electron chi connectivity index (χ2n) is 7.04. The summed E-state index contributed by atoms with van der Waals surface area (Å²) in [6, 6.07) is 15.7. The number of nitrogens with one attached hydrogen (secondary N) is 1. The van der Waals surface area contributed by atoms with Gasteiger partial charge in [0.15, 0.2) is 0 Å². The lowest BCUT2D eigenvalue weighted by Gasteiger charge is -2.10. The zero-order valence-electron chi connectivity index (χ0n) is 17.2. The number of esters is 1. The van der Waals surface area contributed by atoms with Crippen LogP contribution < -0.4 is 11.2 Å². The lowest BCUT2D eigenvalue weighted by atomic mass is 10.2. The van der Waals surface area contributed by atoms with Gasteiger partial charge in [-0.15, -0.1) is 4.68 Å². The fraction of sp³-hybridized carbons (Fsp3) is 0.130. The number of carbonyl (C=O) groups excluding carboxylic acids is 1. The molecule has 0 atom stereocenters. The van der Waals surface area contributed by atoms with Crippen LogP contribution in [-0.2, 0) is 4.74 Å². The number of benzene rings is 2. The minimum absolute atomic E-state index is 0.385. The Kier molecular flexibility index (Phi) is 5.12. The second-order valence-corrected chi connectivity index (χ2v) is 7.04. The number of hydrogen-bond acceptors (Lipinski definition) is 5. The summed E-state index contributed by atoms with van der Waals surface area (Å²) >= 11 is 0. The van der Waals surface area contributed by atoms with Gasteiger partial charge in [0.1, 0.15) is 0 Å². The Labute approximate surface area is 177 Å². The van der Waals surface area contributed by atoms with E-state index in [2.05, 4.69) is 10.1 Å². The Morgan fingerprint density at radius 2 is 1.77 bits per heavy atom. The van der Waals surface area contributed by atoms with Gasteiger partial charge in [0, 0.05) is 22.6 Å². The molecule has 2 aromatic heterocycles. The molecule has 0 unspecified atom stereocenters. The number of aromatic amines is 1. The van der Waals surface area contributed by atoms with E-state index in [1.807, 2.05) is 36.6 Å². The summed E-state index contributed by atoms with van der Waals surface area (Å²) < 4.78 is 7.55. The minimum Gasteiger partial charge on any atom is -0.465 e. The highest BCUT2D eigenvalue weighted by Gasteiger charge is 2.12. The highest BCUT2D eigenvalue weighted by Crippen LogP contribution is 2.20. The Morgan fingerprint density at radius 1 is 1.06 bits per heavy atom. The highest BCUT2D eigenvalue weighted by atomic mass is 16.5. The van der Waals surface area contributed by atoms with Gasteiger partial charge in [0.25, 0.3) is 5.56 Å². The molecule has 0 fully saturated rings. The molecule has 156 valence electrons. The van der Waals surface area contributed by atoms with E-state index in [4.69, 9.17) is 4.74 Å². The lowest BCUT2D eigenvalue weighted by molar-refractivity contribution is 0.0600. The van der Waals surface area contributed by atoms with E-state index in [1.54, 1.807) is 36.4 Å². The van der Waals surface area contributed by atoms with Gasteiger partial charge in [0.05, 0.1) is 29.8 Å². The van der Waals surface area contributed by atoms with E-state index < -0.39 is 17.2 Å². The number of aromatic nitrogens is 3. The standard InChI is InChI=1S/C23H20N4O4/c1-14-12-17(15(2)26(14)18-10-8-16(9-11-18)22(29)31-3)13-24-27-21(28)19-6-4-5-7-20(19)25-23(27)30/h4-13H,1-3H3,(H,25,30). The van der Waals surface area contributed by atoms with Gasteiger partial charge in [-0.25, -0.2) is 9.59 Å². The molecule has 0 aliphatic heterocycles. The van der Waals surface area contributed by atoms with Crippen molar-refractivity contribution in [3.8, 4) is 5.69 Å². The van der Waals surface area contributed by atoms with Crippen molar-refractivity contribution in [3.05, 3.63) is 98.0 Å². The third-order valence-corrected chi connectivity index (χ3v) is 5.11. The van der Waals surface area contributed by atoms with Gasteiger partial charge in [-0.1, -0.05) is 12.1 Å². The van der Waals surface area contributed by atoms with Crippen molar-refractivity contribution in [2.45, 2.75) is 13.8 Å². The molecule has 4 aromatic rings. The molecule has 0 amide bonds. The van der Waals surface area contributed by atoms with Gasteiger partial charge < -0.3 is 14.3 Å². The van der Waals surface area contributed by atoms with E-state index in [1.165, 1.54) is 13.3 Å². The van der Waals surface area contributed by atoms with Crippen LogP contribution in [0.4, 0.5) is 0 Å². The van der Waals surface area contributed by atoms with Crippen LogP contribution in [0.1, 0.15) is 27.3 Å². The second kappa shape index (κ2) is 7.91. The third-order valence-electron chi connectivity index (χ3n) is 5.11. The average molecular weight is 416 g/mol. The lowest BCUT2D eigenvalue weighted by Crippen LogP contribution is -2.32. The molecule has 31 heavy (non-hydrogen) atoms. The first-order valence-corrected chi connectivity index (χ1v) is 9.57. The summed E-state index contributed by atoms with van der Waals surface area (Å²) in [5.74, 6) is -0.397. The maximum atomic E-state index is 12.6. The van der Waals surface area contributed by atoms with Gasteiger partial charge in [-0.3, -0.25) is 4.79 Å². The van der Waals surface area contributed by atoms with E-state index in [0.29, 0.717) is 16.5 Å². The molecule has 0 aliphatic carbocycles. The zero-order valence-corrected chi connectivity index (χ0v) is 17.2. The highest BCUT2D eigenvalue weighted by molar-refractivity contribution is 5.89. The number of aryl methyl sites for hydroxylation is 1. The SMILES string of the molecule is COC(=O)c1ccc(-n2c(C)cc(C=Nn3c(=O)[nH]c4ccccc4c3=O)c2C)cc1. The van der Waals surface area contributed by atoms with Crippen LogP contribution in [0.3, 0.4) is 0 Å². The van der Waals surface area contributed by atoms with Crippen molar-refractivity contribution in [1.82, 2.24) is 14.2 Å². The molecule has 8 nitrogen and oxygen atoms in total. The molecule has 2 heterocycles. The summed E-state index contributed by atoms with van der Waals surface area (Å²) in [5.41, 5.74) is 3.27. The molecule has 0 radical (unpaired) electrons. The van der Waals surface area contributed by atoms with Crippen LogP contribution in [0.25, 0.3) is 16.6 Å². The summed E-state index contributed by atoms with van der Waals surface area (Å²) in [6.07, 6.45) is 1.49. The molecule has 0 aliphatic rings. The van der Waals surface area contributed by atoms with Crippen LogP contribution in [-0.4, -0.2) is 33.5 Å². The molecule has 0 spiro atoms. The average Bonchev–Trinajstić information content (AvgIpc) is 3.06. The summed E-state index contributed by atoms with van der Waals surface area (Å²) in [5, 5.41) is 4.53. The predicted molar refractivity (Wildman–Crippen MR) is 118 cm³/mol. The molecule has 0 saturated carbocycles. The topological polar surface area (TPSA) is 98.4 Å². The number of nitrogens with zero attached hydrogens (tertiary/aromatic N) is 3. The van der Waals surface area contributed by atoms with Crippen LogP contribution >= 0.6 is 0 Å². The van der Waals surface area contributed by atoms with Gasteiger partial charge in [-0.2, -0.15) is 5.10 Å². The summed E-state index contributed by atoms with van der Waals surface area (Å²) in [7, 11) is 1.34. The predicted octanol–water partition coefficient (Wildman–Crippen LogP) is 2.77. The van der Waals surface area contributed by atoms with Gasteiger partial charge >= 0.3 is 11.7 Å². The van der Waals surface area contributed by atoms with Crippen LogP contribution in [0.15, 0.2) is 69.3 Å². The fourth-order valence-corrected chi connectivity index (χ4v) is 3.56. The van der Waals surface area contributed by atoms with Crippen LogP contribution in [0, 0.1) is 13.8 Å². The first-order chi connectivity index (χ1) is 14.9. The molecule has 0 saturated heterocycles. The van der Waals surface area contributed by atoms with Crippen LogP contribution in [0.5, 0.6) is 0 Å². The smallest absolute Gasteiger partial charge is 0.349 e. The maximum absolute atomic E-state index is 12.6. The van der Waals surface area contributed by atoms with Crippen molar-refractivity contribution in [1.29, 1.82) is 0 Å². The first-order valence-electron chi connectivity index (χ1n) is 9.57. The Hall–Kier alpha value is -4.20. The van der Waals surface area contributed by atoms with E-state index in [0.717, 1.165) is 27.3 Å². The molecule has 4 rings (SSSR count). The summed E-state index contributed by atoms with van der Waals surface area (Å²) in [4.78, 5) is 39.3. The first kappa shape index (κ1) is 20.1. The maximum Gasteiger partial charge on any atom is 0.349 e. The van der Waals surface area contributed by atoms with Gasteiger partial charge in [0.2, 0.25) is 0 Å².